The smallest absolute Gasteiger partial charge is 0.315 e. The summed E-state index contributed by atoms with van der Waals surface area (Å²) in [5.74, 6) is 1.14. The van der Waals surface area contributed by atoms with Crippen molar-refractivity contribution in [1.29, 1.82) is 0 Å². The summed E-state index contributed by atoms with van der Waals surface area (Å²) in [5, 5.41) is 6.07. The van der Waals surface area contributed by atoms with Crippen molar-refractivity contribution in [3.8, 4) is 5.75 Å². The lowest BCUT2D eigenvalue weighted by Crippen LogP contribution is -2.40. The number of rotatable bonds is 2. The molecule has 2 heterocycles. The van der Waals surface area contributed by atoms with Gasteiger partial charge in [0.05, 0.1) is 25.0 Å². The topological polar surface area (TPSA) is 63.5 Å². The number of furan rings is 1. The Balaban J connectivity index is 1.47. The lowest BCUT2D eigenvalue weighted by atomic mass is 9.93. The van der Waals surface area contributed by atoms with Crippen LogP contribution in [0.4, 0.5) is 9.18 Å². The molecule has 2 atom stereocenters. The average Bonchev–Trinajstić information content (AvgIpc) is 2.99. The number of fused-ring (bicyclic) bond motifs is 2. The Morgan fingerprint density at radius 2 is 1.88 bits per heavy atom. The zero-order valence-electron chi connectivity index (χ0n) is 13.9. The van der Waals surface area contributed by atoms with Crippen molar-refractivity contribution in [3.05, 3.63) is 53.2 Å². The van der Waals surface area contributed by atoms with Gasteiger partial charge in [-0.2, -0.15) is 0 Å². The van der Waals surface area contributed by atoms with E-state index in [9.17, 15) is 9.18 Å². The molecule has 0 radical (unpaired) electrons. The maximum atomic E-state index is 13.4. The van der Waals surface area contributed by atoms with Crippen LogP contribution in [0.15, 0.2) is 34.9 Å². The molecule has 2 aliphatic rings. The first-order valence-corrected chi connectivity index (χ1v) is 8.76. The second-order valence-corrected chi connectivity index (χ2v) is 6.59. The minimum Gasteiger partial charge on any atom is -0.493 e. The first kappa shape index (κ1) is 16.0. The second kappa shape index (κ2) is 6.78. The highest BCUT2D eigenvalue weighted by Gasteiger charge is 2.26. The molecule has 4 rings (SSSR count). The first-order valence-electron chi connectivity index (χ1n) is 8.76. The van der Waals surface area contributed by atoms with Gasteiger partial charge < -0.3 is 19.8 Å². The van der Waals surface area contributed by atoms with Crippen molar-refractivity contribution in [1.82, 2.24) is 10.6 Å². The van der Waals surface area contributed by atoms with Gasteiger partial charge in [-0.25, -0.2) is 9.18 Å². The average molecular weight is 344 g/mol. The number of hydrogen-bond acceptors (Lipinski definition) is 3. The first-order chi connectivity index (χ1) is 12.2. The van der Waals surface area contributed by atoms with Crippen molar-refractivity contribution < 1.29 is 18.3 Å². The summed E-state index contributed by atoms with van der Waals surface area (Å²) >= 11 is 0. The van der Waals surface area contributed by atoms with E-state index in [4.69, 9.17) is 9.15 Å². The van der Waals surface area contributed by atoms with Gasteiger partial charge in [-0.05, 0) is 37.8 Å². The van der Waals surface area contributed by atoms with Gasteiger partial charge in [0.15, 0.2) is 0 Å². The normalized spacial score (nSPS) is 22.1. The molecule has 2 amide bonds. The molecule has 1 aromatic heterocycles. The van der Waals surface area contributed by atoms with E-state index in [2.05, 4.69) is 10.6 Å². The molecule has 6 heteroatoms. The van der Waals surface area contributed by atoms with E-state index in [0.717, 1.165) is 49.0 Å². The van der Waals surface area contributed by atoms with Crippen molar-refractivity contribution in [2.24, 2.45) is 0 Å². The molecule has 0 saturated carbocycles. The van der Waals surface area contributed by atoms with Crippen LogP contribution < -0.4 is 15.4 Å². The molecule has 2 N–H and O–H groups in total. The molecular weight excluding hydrogens is 323 g/mol. The van der Waals surface area contributed by atoms with Gasteiger partial charge in [-0.15, -0.1) is 0 Å². The lowest BCUT2D eigenvalue weighted by molar-refractivity contribution is 0.230. The highest BCUT2D eigenvalue weighted by Crippen LogP contribution is 2.33. The third-order valence-corrected chi connectivity index (χ3v) is 4.91. The van der Waals surface area contributed by atoms with Crippen molar-refractivity contribution >= 4 is 6.03 Å². The summed E-state index contributed by atoms with van der Waals surface area (Å²) in [6.45, 7) is 0.525. The van der Waals surface area contributed by atoms with Gasteiger partial charge in [0.25, 0.3) is 0 Å². The second-order valence-electron chi connectivity index (χ2n) is 6.59. The molecule has 2 aromatic rings. The summed E-state index contributed by atoms with van der Waals surface area (Å²) in [5.41, 5.74) is 1.88. The number of carbonyl (C=O) groups is 1. The maximum absolute atomic E-state index is 13.4. The van der Waals surface area contributed by atoms with E-state index in [1.807, 2.05) is 6.07 Å². The fourth-order valence-corrected chi connectivity index (χ4v) is 3.69. The van der Waals surface area contributed by atoms with Crippen molar-refractivity contribution in [2.75, 3.05) is 6.61 Å². The molecule has 1 aromatic carbocycles. The van der Waals surface area contributed by atoms with Crippen LogP contribution in [0, 0.1) is 5.82 Å². The maximum Gasteiger partial charge on any atom is 0.315 e. The minimum absolute atomic E-state index is 0.0304. The van der Waals surface area contributed by atoms with Crippen LogP contribution in [0.1, 0.15) is 54.7 Å². The summed E-state index contributed by atoms with van der Waals surface area (Å²) in [7, 11) is 0. The third-order valence-electron chi connectivity index (χ3n) is 4.91. The number of ether oxygens (including phenoxy) is 1. The van der Waals surface area contributed by atoms with E-state index in [-0.39, 0.29) is 23.9 Å². The fraction of sp³-hybridized carbons (Fsp3) is 0.421. The summed E-state index contributed by atoms with van der Waals surface area (Å²) < 4.78 is 24.5. The van der Waals surface area contributed by atoms with Crippen molar-refractivity contribution in [2.45, 2.75) is 44.2 Å². The van der Waals surface area contributed by atoms with Crippen LogP contribution in [0.25, 0.3) is 0 Å². The van der Waals surface area contributed by atoms with Crippen LogP contribution in [0.2, 0.25) is 0 Å². The lowest BCUT2D eigenvalue weighted by Gasteiger charge is -2.25. The van der Waals surface area contributed by atoms with Crippen LogP contribution in [0.3, 0.4) is 0 Å². The molecule has 2 unspecified atom stereocenters. The molecule has 5 nitrogen and oxygen atoms in total. The standard InChI is InChI=1S/C19H21FN2O3/c20-12-6-7-13-16(4-2-9-24-18(13)11-12)22-19(23)21-15-3-1-5-17-14(15)8-10-25-17/h6-8,10-11,15-16H,1-5,9H2,(H2,21,22,23). The Bertz CT molecular complexity index is 774. The fourth-order valence-electron chi connectivity index (χ4n) is 3.69. The SMILES string of the molecule is O=C(NC1CCCOc2cc(F)ccc21)NC1CCCc2occc21. The van der Waals surface area contributed by atoms with Crippen LogP contribution in [0.5, 0.6) is 5.75 Å². The zero-order valence-corrected chi connectivity index (χ0v) is 13.9. The van der Waals surface area contributed by atoms with Gasteiger partial charge in [0.2, 0.25) is 0 Å². The monoisotopic (exact) mass is 344 g/mol. The van der Waals surface area contributed by atoms with Crippen LogP contribution in [-0.4, -0.2) is 12.6 Å². The number of amides is 2. The molecule has 0 spiro atoms. The van der Waals surface area contributed by atoms with Crippen LogP contribution >= 0.6 is 0 Å². The number of hydrogen-bond donors (Lipinski definition) is 2. The minimum atomic E-state index is -0.335. The van der Waals surface area contributed by atoms with E-state index >= 15 is 0 Å². The van der Waals surface area contributed by atoms with Gasteiger partial charge >= 0.3 is 6.03 Å². The molecular formula is C19H21FN2O3. The Labute approximate surface area is 145 Å². The largest absolute Gasteiger partial charge is 0.493 e. The molecule has 1 aliphatic heterocycles. The van der Waals surface area contributed by atoms with Crippen LogP contribution in [-0.2, 0) is 6.42 Å². The molecule has 0 fully saturated rings. The molecule has 132 valence electrons. The molecule has 0 saturated heterocycles. The third kappa shape index (κ3) is 3.34. The summed E-state index contributed by atoms with van der Waals surface area (Å²) in [6.07, 6.45) is 6.04. The number of aryl methyl sites for hydroxylation is 1. The predicted molar refractivity (Wildman–Crippen MR) is 89.9 cm³/mol. The molecule has 1 aliphatic carbocycles. The van der Waals surface area contributed by atoms with E-state index in [1.54, 1.807) is 12.3 Å². The number of halogens is 1. The summed E-state index contributed by atoms with van der Waals surface area (Å²) in [4.78, 5) is 12.5. The Morgan fingerprint density at radius 1 is 1.08 bits per heavy atom. The van der Waals surface area contributed by atoms with Gasteiger partial charge in [-0.1, -0.05) is 6.07 Å². The van der Waals surface area contributed by atoms with Crippen molar-refractivity contribution in [3.63, 3.8) is 0 Å². The van der Waals surface area contributed by atoms with E-state index in [0.29, 0.717) is 12.4 Å². The Morgan fingerprint density at radius 3 is 2.76 bits per heavy atom. The molecule has 25 heavy (non-hydrogen) atoms. The Hall–Kier alpha value is -2.50. The highest BCUT2D eigenvalue weighted by atomic mass is 19.1. The summed E-state index contributed by atoms with van der Waals surface area (Å²) in [6, 6.07) is 5.96. The van der Waals surface area contributed by atoms with Gasteiger partial charge in [0, 0.05) is 23.6 Å². The number of benzene rings is 1. The highest BCUT2D eigenvalue weighted by molar-refractivity contribution is 5.75. The predicted octanol–water partition coefficient (Wildman–Crippen LogP) is 4.01. The zero-order chi connectivity index (χ0) is 17.2. The van der Waals surface area contributed by atoms with E-state index in [1.165, 1.54) is 12.1 Å². The van der Waals surface area contributed by atoms with Gasteiger partial charge in [0.1, 0.15) is 17.3 Å². The van der Waals surface area contributed by atoms with Gasteiger partial charge in [-0.3, -0.25) is 0 Å². The quantitative estimate of drug-likeness (QED) is 0.865. The molecule has 0 bridgehead atoms. The number of nitrogens with one attached hydrogen (secondary N) is 2. The number of carbonyl (C=O) groups excluding carboxylic acids is 1. The van der Waals surface area contributed by atoms with E-state index < -0.39 is 0 Å². The number of urea groups is 1. The Kier molecular flexibility index (Phi) is 4.34.